The molecule has 0 aliphatic heterocycles. The van der Waals surface area contributed by atoms with Crippen LogP contribution in [0.1, 0.15) is 5.56 Å². The number of hydrogen-bond donors (Lipinski definition) is 2. The Hall–Kier alpha value is -2.69. The van der Waals surface area contributed by atoms with Gasteiger partial charge in [-0.25, -0.2) is 17.9 Å². The van der Waals surface area contributed by atoms with Gasteiger partial charge >= 0.3 is 0 Å². The lowest BCUT2D eigenvalue weighted by Gasteiger charge is -2.05. The lowest BCUT2D eigenvalue weighted by molar-refractivity contribution is 0.491. The van der Waals surface area contributed by atoms with Gasteiger partial charge in [0, 0.05) is 19.2 Å². The number of nitriles is 1. The third-order valence-electron chi connectivity index (χ3n) is 2.49. The minimum Gasteiger partial charge on any atom is -0.382 e. The van der Waals surface area contributed by atoms with E-state index in [1.54, 1.807) is 6.07 Å². The maximum atomic E-state index is 13.6. The van der Waals surface area contributed by atoms with Crippen LogP contribution in [-0.4, -0.2) is 16.8 Å². The van der Waals surface area contributed by atoms with Gasteiger partial charge in [0.2, 0.25) is 0 Å². The Bertz CT molecular complexity index is 687. The van der Waals surface area contributed by atoms with Gasteiger partial charge in [-0.15, -0.1) is 5.10 Å². The first kappa shape index (κ1) is 12.8. The Kier molecular flexibility index (Phi) is 3.04. The quantitative estimate of drug-likeness (QED) is 0.813. The molecule has 0 saturated carbocycles. The molecule has 0 fully saturated rings. The summed E-state index contributed by atoms with van der Waals surface area (Å²) in [5.74, 6) is -3.65. The summed E-state index contributed by atoms with van der Waals surface area (Å²) in [7, 11) is 1.49. The minimum absolute atomic E-state index is 0.00775. The van der Waals surface area contributed by atoms with Crippen LogP contribution >= 0.6 is 0 Å². The summed E-state index contributed by atoms with van der Waals surface area (Å²) in [5.41, 5.74) is 5.25. The fourth-order valence-electron chi connectivity index (χ4n) is 1.57. The highest BCUT2D eigenvalue weighted by molar-refractivity contribution is 5.65. The molecule has 19 heavy (non-hydrogen) atoms. The second kappa shape index (κ2) is 4.53. The average molecular weight is 267 g/mol. The van der Waals surface area contributed by atoms with Gasteiger partial charge in [0.15, 0.2) is 23.3 Å². The average Bonchev–Trinajstić information content (AvgIpc) is 2.70. The number of aromatic nitrogens is 2. The fourth-order valence-corrected chi connectivity index (χ4v) is 1.57. The van der Waals surface area contributed by atoms with Crippen LogP contribution in [0.4, 0.5) is 24.8 Å². The van der Waals surface area contributed by atoms with Crippen molar-refractivity contribution >= 4 is 11.6 Å². The van der Waals surface area contributed by atoms with E-state index in [4.69, 9.17) is 11.0 Å². The van der Waals surface area contributed by atoms with E-state index in [0.29, 0.717) is 12.1 Å². The van der Waals surface area contributed by atoms with Gasteiger partial charge in [0.05, 0.1) is 0 Å². The molecule has 2 rings (SSSR count). The fraction of sp³-hybridized carbons (Fsp3) is 0.0909. The van der Waals surface area contributed by atoms with Crippen LogP contribution < -0.4 is 11.1 Å². The third-order valence-corrected chi connectivity index (χ3v) is 2.49. The zero-order chi connectivity index (χ0) is 14.2. The monoisotopic (exact) mass is 267 g/mol. The number of nitrogen functional groups attached to an aromatic ring is 1. The van der Waals surface area contributed by atoms with Crippen molar-refractivity contribution in [3.05, 3.63) is 35.1 Å². The number of rotatable bonds is 2. The zero-order valence-electron chi connectivity index (χ0n) is 9.71. The van der Waals surface area contributed by atoms with Gasteiger partial charge in [0.25, 0.3) is 0 Å². The van der Waals surface area contributed by atoms with Crippen LogP contribution in [0.3, 0.4) is 0 Å². The molecule has 3 N–H and O–H groups in total. The summed E-state index contributed by atoms with van der Waals surface area (Å²) in [5, 5.41) is 15.3. The molecule has 0 amide bonds. The van der Waals surface area contributed by atoms with E-state index in [1.165, 1.54) is 7.05 Å². The molecule has 1 heterocycles. The standard InChI is InChI=1S/C11H8F3N5/c1-17-11-5(4-15)10(16)19(18-11)9-3-7(13)6(12)2-8(9)14/h2-3H,16H2,1H3,(H,17,18). The maximum Gasteiger partial charge on any atom is 0.168 e. The molecule has 0 bridgehead atoms. The Labute approximate surface area is 106 Å². The number of anilines is 2. The van der Waals surface area contributed by atoms with Crippen LogP contribution in [0.15, 0.2) is 12.1 Å². The third kappa shape index (κ3) is 1.95. The molecule has 0 aliphatic carbocycles. The number of nitrogens with zero attached hydrogens (tertiary/aromatic N) is 3. The van der Waals surface area contributed by atoms with Crippen molar-refractivity contribution < 1.29 is 13.2 Å². The highest BCUT2D eigenvalue weighted by Crippen LogP contribution is 2.26. The highest BCUT2D eigenvalue weighted by Gasteiger charge is 2.19. The number of hydrogen-bond acceptors (Lipinski definition) is 4. The smallest absolute Gasteiger partial charge is 0.168 e. The van der Waals surface area contributed by atoms with E-state index in [0.717, 1.165) is 4.68 Å². The van der Waals surface area contributed by atoms with E-state index in [9.17, 15) is 13.2 Å². The maximum absolute atomic E-state index is 13.6. The number of halogens is 3. The van der Waals surface area contributed by atoms with E-state index >= 15 is 0 Å². The second-order valence-electron chi connectivity index (χ2n) is 3.60. The predicted molar refractivity (Wildman–Crippen MR) is 62.1 cm³/mol. The predicted octanol–water partition coefficient (Wildman–Crippen LogP) is 1.79. The molecule has 0 unspecified atom stereocenters. The summed E-state index contributed by atoms with van der Waals surface area (Å²) in [6.45, 7) is 0. The molecule has 1 aromatic heterocycles. The molecule has 8 heteroatoms. The van der Waals surface area contributed by atoms with E-state index in [1.807, 2.05) is 0 Å². The van der Waals surface area contributed by atoms with Crippen LogP contribution in [0, 0.1) is 28.8 Å². The summed E-state index contributed by atoms with van der Waals surface area (Å²) in [6.07, 6.45) is 0. The van der Waals surface area contributed by atoms with Gasteiger partial charge in [-0.2, -0.15) is 5.26 Å². The van der Waals surface area contributed by atoms with Gasteiger partial charge in [-0.05, 0) is 0 Å². The van der Waals surface area contributed by atoms with Gasteiger partial charge in [0.1, 0.15) is 23.1 Å². The molecule has 0 atom stereocenters. The van der Waals surface area contributed by atoms with Crippen molar-refractivity contribution in [3.8, 4) is 11.8 Å². The van der Waals surface area contributed by atoms with Gasteiger partial charge in [-0.3, -0.25) is 0 Å². The van der Waals surface area contributed by atoms with Crippen molar-refractivity contribution in [2.45, 2.75) is 0 Å². The molecular weight excluding hydrogens is 259 g/mol. The lowest BCUT2D eigenvalue weighted by atomic mass is 10.2. The van der Waals surface area contributed by atoms with Crippen LogP contribution in [0.25, 0.3) is 5.69 Å². The topological polar surface area (TPSA) is 79.7 Å². The first-order chi connectivity index (χ1) is 8.99. The summed E-state index contributed by atoms with van der Waals surface area (Å²) < 4.78 is 40.4. The molecule has 1 aromatic carbocycles. The molecule has 5 nitrogen and oxygen atoms in total. The molecule has 0 aliphatic rings. The van der Waals surface area contributed by atoms with E-state index in [-0.39, 0.29) is 22.9 Å². The Balaban J connectivity index is 2.70. The molecule has 0 spiro atoms. The summed E-state index contributed by atoms with van der Waals surface area (Å²) >= 11 is 0. The SMILES string of the molecule is CNc1nn(-c2cc(F)c(F)cc2F)c(N)c1C#N. The van der Waals surface area contributed by atoms with Crippen molar-refractivity contribution in [1.29, 1.82) is 5.26 Å². The highest BCUT2D eigenvalue weighted by atomic mass is 19.2. The molecule has 98 valence electrons. The zero-order valence-corrected chi connectivity index (χ0v) is 9.71. The first-order valence-electron chi connectivity index (χ1n) is 5.10. The van der Waals surface area contributed by atoms with Crippen LogP contribution in [0.5, 0.6) is 0 Å². The van der Waals surface area contributed by atoms with Gasteiger partial charge < -0.3 is 11.1 Å². The normalized spacial score (nSPS) is 10.3. The number of benzene rings is 1. The van der Waals surface area contributed by atoms with Crippen LogP contribution in [0.2, 0.25) is 0 Å². The van der Waals surface area contributed by atoms with Crippen molar-refractivity contribution in [3.63, 3.8) is 0 Å². The van der Waals surface area contributed by atoms with Crippen molar-refractivity contribution in [1.82, 2.24) is 9.78 Å². The second-order valence-corrected chi connectivity index (χ2v) is 3.60. The molecular formula is C11H8F3N5. The molecule has 0 radical (unpaired) electrons. The summed E-state index contributed by atoms with van der Waals surface area (Å²) in [4.78, 5) is 0. The van der Waals surface area contributed by atoms with Crippen molar-refractivity contribution in [2.75, 3.05) is 18.1 Å². The van der Waals surface area contributed by atoms with Gasteiger partial charge in [-0.1, -0.05) is 0 Å². The Morgan fingerprint density at radius 3 is 2.42 bits per heavy atom. The summed E-state index contributed by atoms with van der Waals surface area (Å²) in [6, 6.07) is 2.79. The van der Waals surface area contributed by atoms with Crippen LogP contribution in [-0.2, 0) is 0 Å². The minimum atomic E-state index is -1.32. The Morgan fingerprint density at radius 1 is 1.26 bits per heavy atom. The largest absolute Gasteiger partial charge is 0.382 e. The molecule has 0 saturated heterocycles. The number of nitrogens with one attached hydrogen (secondary N) is 1. The molecule has 2 aromatic rings. The lowest BCUT2D eigenvalue weighted by Crippen LogP contribution is -2.06. The van der Waals surface area contributed by atoms with Crippen molar-refractivity contribution in [2.24, 2.45) is 0 Å². The number of nitrogens with two attached hydrogens (primary N) is 1. The first-order valence-corrected chi connectivity index (χ1v) is 5.10. The van der Waals surface area contributed by atoms with E-state index in [2.05, 4.69) is 10.4 Å². The van der Waals surface area contributed by atoms with E-state index < -0.39 is 17.5 Å². The Morgan fingerprint density at radius 2 is 1.89 bits per heavy atom.